The average molecular weight is 379 g/mol. The number of hydrogen-bond acceptors (Lipinski definition) is 5. The minimum Gasteiger partial charge on any atom is -0.494 e. The van der Waals surface area contributed by atoms with E-state index >= 15 is 0 Å². The fraction of sp³-hybridized carbons (Fsp3) is 0.267. The lowest BCUT2D eigenvalue weighted by molar-refractivity contribution is 0.410. The number of aromatic nitrogens is 2. The molecular weight excluding hydrogens is 364 g/mol. The van der Waals surface area contributed by atoms with E-state index in [1.807, 2.05) is 24.3 Å². The Bertz CT molecular complexity index is 912. The third-order valence-corrected chi connectivity index (χ3v) is 4.48. The van der Waals surface area contributed by atoms with E-state index in [-0.39, 0.29) is 17.5 Å². The normalized spacial score (nSPS) is 17.0. The third-order valence-electron chi connectivity index (χ3n) is 3.95. The molecule has 2 aromatic rings. The van der Waals surface area contributed by atoms with Gasteiger partial charge in [-0.25, -0.2) is 4.79 Å². The van der Waals surface area contributed by atoms with E-state index in [4.69, 9.17) is 0 Å². The van der Waals surface area contributed by atoms with Gasteiger partial charge in [0.2, 0.25) is 5.88 Å². The first kappa shape index (κ1) is 15.5. The molecule has 0 radical (unpaired) electrons. The molecule has 1 aliphatic heterocycles. The zero-order valence-corrected chi connectivity index (χ0v) is 14.2. The van der Waals surface area contributed by atoms with Gasteiger partial charge in [-0.1, -0.05) is 28.1 Å². The maximum Gasteiger partial charge on any atom is 0.333 e. The van der Waals surface area contributed by atoms with Gasteiger partial charge in [0.1, 0.15) is 5.56 Å². The fourth-order valence-corrected chi connectivity index (χ4v) is 2.84. The predicted octanol–water partition coefficient (Wildman–Crippen LogP) is 0.991. The molecule has 0 saturated carbocycles. The van der Waals surface area contributed by atoms with Crippen molar-refractivity contribution in [1.29, 1.82) is 0 Å². The van der Waals surface area contributed by atoms with Crippen LogP contribution in [0.25, 0.3) is 0 Å². The van der Waals surface area contributed by atoms with Gasteiger partial charge in [0, 0.05) is 25.0 Å². The van der Waals surface area contributed by atoms with E-state index in [1.54, 1.807) is 0 Å². The number of hydrazone groups is 1. The van der Waals surface area contributed by atoms with Gasteiger partial charge in [-0.15, -0.1) is 0 Å². The van der Waals surface area contributed by atoms with Crippen molar-refractivity contribution in [3.8, 4) is 5.88 Å². The molecule has 120 valence electrons. The summed E-state index contributed by atoms with van der Waals surface area (Å²) in [5, 5.41) is 14.4. The van der Waals surface area contributed by atoms with Crippen LogP contribution in [-0.4, -0.2) is 20.0 Å². The molecule has 1 atom stereocenters. The third kappa shape index (κ3) is 2.59. The van der Waals surface area contributed by atoms with Crippen molar-refractivity contribution in [3.05, 3.63) is 60.7 Å². The van der Waals surface area contributed by atoms with E-state index in [9.17, 15) is 14.7 Å². The lowest BCUT2D eigenvalue weighted by Crippen LogP contribution is -2.39. The molecule has 1 unspecified atom stereocenters. The SMILES string of the molecule is Cn1c(O)c(C2=NNC(c3ccc(Br)cc3)C2)c(=O)n(C)c1=O. The quantitative estimate of drug-likeness (QED) is 0.815. The zero-order chi connectivity index (χ0) is 16.7. The Hall–Kier alpha value is -2.35. The van der Waals surface area contributed by atoms with Gasteiger partial charge in [0.15, 0.2) is 0 Å². The van der Waals surface area contributed by atoms with Crippen molar-refractivity contribution in [2.75, 3.05) is 0 Å². The summed E-state index contributed by atoms with van der Waals surface area (Å²) in [5.41, 5.74) is 3.36. The summed E-state index contributed by atoms with van der Waals surface area (Å²) in [6.07, 6.45) is 0.447. The van der Waals surface area contributed by atoms with Gasteiger partial charge in [0.25, 0.3) is 5.56 Å². The molecule has 1 aliphatic rings. The Labute approximate surface area is 140 Å². The molecule has 3 rings (SSSR count). The number of aromatic hydroxyl groups is 1. The topological polar surface area (TPSA) is 88.6 Å². The Morgan fingerprint density at radius 2 is 1.87 bits per heavy atom. The van der Waals surface area contributed by atoms with Gasteiger partial charge >= 0.3 is 5.69 Å². The van der Waals surface area contributed by atoms with Gasteiger partial charge < -0.3 is 10.5 Å². The maximum atomic E-state index is 12.3. The van der Waals surface area contributed by atoms with Gasteiger partial charge in [-0.05, 0) is 17.7 Å². The summed E-state index contributed by atoms with van der Waals surface area (Å²) in [5.74, 6) is -0.366. The summed E-state index contributed by atoms with van der Waals surface area (Å²) < 4.78 is 2.97. The first-order valence-corrected chi connectivity index (χ1v) is 7.76. The van der Waals surface area contributed by atoms with Crippen molar-refractivity contribution in [2.45, 2.75) is 12.5 Å². The van der Waals surface area contributed by atoms with E-state index in [1.165, 1.54) is 14.1 Å². The molecule has 0 aliphatic carbocycles. The largest absolute Gasteiger partial charge is 0.494 e. The maximum absolute atomic E-state index is 12.3. The van der Waals surface area contributed by atoms with Gasteiger partial charge in [-0.3, -0.25) is 13.9 Å². The van der Waals surface area contributed by atoms with Crippen LogP contribution in [0.2, 0.25) is 0 Å². The summed E-state index contributed by atoms with van der Waals surface area (Å²) in [6, 6.07) is 7.69. The highest BCUT2D eigenvalue weighted by atomic mass is 79.9. The highest BCUT2D eigenvalue weighted by Crippen LogP contribution is 2.26. The van der Waals surface area contributed by atoms with Crippen LogP contribution in [0.5, 0.6) is 5.88 Å². The van der Waals surface area contributed by atoms with Crippen LogP contribution in [0, 0.1) is 0 Å². The number of halogens is 1. The summed E-state index contributed by atoms with van der Waals surface area (Å²) >= 11 is 3.39. The molecule has 1 aromatic carbocycles. The molecule has 0 bridgehead atoms. The van der Waals surface area contributed by atoms with Crippen LogP contribution in [-0.2, 0) is 14.1 Å². The minimum absolute atomic E-state index is 0.0571. The number of benzene rings is 1. The molecule has 7 nitrogen and oxygen atoms in total. The lowest BCUT2D eigenvalue weighted by Gasteiger charge is -2.11. The first-order chi connectivity index (χ1) is 10.9. The Morgan fingerprint density at radius 3 is 2.52 bits per heavy atom. The van der Waals surface area contributed by atoms with Gasteiger partial charge in [0.05, 0.1) is 11.8 Å². The van der Waals surface area contributed by atoms with Crippen molar-refractivity contribution < 1.29 is 5.11 Å². The Morgan fingerprint density at radius 1 is 1.22 bits per heavy atom. The molecule has 0 fully saturated rings. The van der Waals surface area contributed by atoms with E-state index < -0.39 is 11.2 Å². The van der Waals surface area contributed by atoms with Crippen molar-refractivity contribution in [2.24, 2.45) is 19.2 Å². The average Bonchev–Trinajstić information content (AvgIpc) is 3.01. The molecule has 0 amide bonds. The highest BCUT2D eigenvalue weighted by Gasteiger charge is 2.27. The van der Waals surface area contributed by atoms with Crippen LogP contribution < -0.4 is 16.7 Å². The molecule has 0 spiro atoms. The van der Waals surface area contributed by atoms with Crippen molar-refractivity contribution in [1.82, 2.24) is 14.6 Å². The first-order valence-electron chi connectivity index (χ1n) is 6.97. The zero-order valence-electron chi connectivity index (χ0n) is 12.6. The standard InChI is InChI=1S/C15H15BrN4O3/c1-19-13(21)12(14(22)20(2)15(19)23)11-7-10(17-18-11)8-3-5-9(16)6-4-8/h3-6,10,17,21H,7H2,1-2H3. The second kappa shape index (κ2) is 5.69. The number of nitrogens with one attached hydrogen (secondary N) is 1. The monoisotopic (exact) mass is 378 g/mol. The minimum atomic E-state index is -0.577. The Kier molecular flexibility index (Phi) is 3.85. The smallest absolute Gasteiger partial charge is 0.333 e. The van der Waals surface area contributed by atoms with Crippen molar-refractivity contribution in [3.63, 3.8) is 0 Å². The highest BCUT2D eigenvalue weighted by molar-refractivity contribution is 9.10. The van der Waals surface area contributed by atoms with Gasteiger partial charge in [-0.2, -0.15) is 5.10 Å². The summed E-state index contributed by atoms with van der Waals surface area (Å²) in [6.45, 7) is 0. The van der Waals surface area contributed by atoms with E-state index in [0.29, 0.717) is 12.1 Å². The molecule has 2 heterocycles. The Balaban J connectivity index is 1.98. The molecule has 23 heavy (non-hydrogen) atoms. The molecule has 1 aromatic heterocycles. The fourth-order valence-electron chi connectivity index (χ4n) is 2.57. The lowest BCUT2D eigenvalue weighted by atomic mass is 10.00. The van der Waals surface area contributed by atoms with Crippen LogP contribution in [0.4, 0.5) is 0 Å². The van der Waals surface area contributed by atoms with Crippen LogP contribution in [0.1, 0.15) is 23.6 Å². The van der Waals surface area contributed by atoms with Crippen LogP contribution >= 0.6 is 15.9 Å². The second-order valence-electron chi connectivity index (χ2n) is 5.40. The number of rotatable bonds is 2. The van der Waals surface area contributed by atoms with Crippen LogP contribution in [0.15, 0.2) is 43.4 Å². The molecule has 8 heteroatoms. The second-order valence-corrected chi connectivity index (χ2v) is 6.32. The number of hydrogen-bond donors (Lipinski definition) is 2. The molecular formula is C15H15BrN4O3. The van der Waals surface area contributed by atoms with Crippen LogP contribution in [0.3, 0.4) is 0 Å². The van der Waals surface area contributed by atoms with E-state index in [2.05, 4.69) is 26.5 Å². The molecule has 2 N–H and O–H groups in total. The van der Waals surface area contributed by atoms with E-state index in [0.717, 1.165) is 19.2 Å². The summed E-state index contributed by atoms with van der Waals surface area (Å²) in [7, 11) is 2.79. The van der Waals surface area contributed by atoms with Crippen molar-refractivity contribution >= 4 is 21.6 Å². The molecule has 0 saturated heterocycles. The summed E-state index contributed by atoms with van der Waals surface area (Å²) in [4.78, 5) is 24.1. The number of nitrogens with zero attached hydrogens (tertiary/aromatic N) is 3. The predicted molar refractivity (Wildman–Crippen MR) is 89.8 cm³/mol.